The van der Waals surface area contributed by atoms with Crippen molar-refractivity contribution in [3.05, 3.63) is 47.2 Å². The van der Waals surface area contributed by atoms with Crippen molar-refractivity contribution in [3.63, 3.8) is 0 Å². The number of benzene rings is 1. The molecule has 7 nitrogen and oxygen atoms in total. The number of H-pyrrole nitrogens is 1. The minimum atomic E-state index is -0.273. The van der Waals surface area contributed by atoms with E-state index in [1.807, 2.05) is 24.3 Å². The van der Waals surface area contributed by atoms with Gasteiger partial charge in [-0.05, 0) is 12.1 Å². The lowest BCUT2D eigenvalue weighted by Crippen LogP contribution is -2.22. The summed E-state index contributed by atoms with van der Waals surface area (Å²) in [7, 11) is 1.63. The van der Waals surface area contributed by atoms with Gasteiger partial charge in [-0.15, -0.1) is 11.3 Å². The fourth-order valence-electron chi connectivity index (χ4n) is 1.85. The molecule has 0 saturated carbocycles. The van der Waals surface area contributed by atoms with E-state index in [4.69, 9.17) is 4.74 Å². The van der Waals surface area contributed by atoms with Crippen LogP contribution in [-0.4, -0.2) is 33.4 Å². The summed E-state index contributed by atoms with van der Waals surface area (Å²) in [5.74, 6) is 0.513. The van der Waals surface area contributed by atoms with E-state index < -0.39 is 0 Å². The first-order valence-electron chi connectivity index (χ1n) is 6.49. The van der Waals surface area contributed by atoms with Gasteiger partial charge in [0.25, 0.3) is 5.91 Å². The molecule has 0 aliphatic rings. The van der Waals surface area contributed by atoms with Crippen LogP contribution in [0.3, 0.4) is 0 Å². The zero-order valence-corrected chi connectivity index (χ0v) is 12.6. The molecule has 0 saturated heterocycles. The normalized spacial score (nSPS) is 10.4. The van der Waals surface area contributed by atoms with Crippen molar-refractivity contribution in [2.45, 2.75) is 6.54 Å². The molecule has 0 radical (unpaired) electrons. The Morgan fingerprint density at radius 2 is 2.32 bits per heavy atom. The van der Waals surface area contributed by atoms with Gasteiger partial charge in [-0.1, -0.05) is 12.1 Å². The van der Waals surface area contributed by atoms with Gasteiger partial charge in [0.15, 0.2) is 5.69 Å². The predicted octanol–water partition coefficient (Wildman–Crippen LogP) is 1.87. The van der Waals surface area contributed by atoms with E-state index in [0.29, 0.717) is 6.54 Å². The van der Waals surface area contributed by atoms with E-state index in [0.717, 1.165) is 21.2 Å². The number of hydrogen-bond acceptors (Lipinski definition) is 6. The Morgan fingerprint density at radius 3 is 3.09 bits per heavy atom. The highest BCUT2D eigenvalue weighted by molar-refractivity contribution is 7.15. The van der Waals surface area contributed by atoms with Gasteiger partial charge in [-0.2, -0.15) is 15.4 Å². The van der Waals surface area contributed by atoms with Gasteiger partial charge in [-0.3, -0.25) is 4.79 Å². The molecule has 22 heavy (non-hydrogen) atoms. The Bertz CT molecular complexity index is 769. The third kappa shape index (κ3) is 3.12. The molecule has 2 heterocycles. The Hall–Kier alpha value is -2.74. The molecule has 112 valence electrons. The molecule has 3 aromatic rings. The zero-order valence-electron chi connectivity index (χ0n) is 11.7. The average molecular weight is 315 g/mol. The number of amides is 1. The summed E-state index contributed by atoms with van der Waals surface area (Å²) in [5, 5.41) is 13.4. The van der Waals surface area contributed by atoms with Gasteiger partial charge < -0.3 is 10.1 Å². The summed E-state index contributed by atoms with van der Waals surface area (Å²) in [6.45, 7) is 0.396. The van der Waals surface area contributed by atoms with Gasteiger partial charge in [0.2, 0.25) is 0 Å². The molecule has 0 unspecified atom stereocenters. The predicted molar refractivity (Wildman–Crippen MR) is 81.7 cm³/mol. The van der Waals surface area contributed by atoms with Crippen LogP contribution in [0.25, 0.3) is 10.6 Å². The molecule has 1 amide bonds. The number of nitrogens with one attached hydrogen (secondary N) is 2. The summed E-state index contributed by atoms with van der Waals surface area (Å²) >= 11 is 1.52. The number of nitrogens with zero attached hydrogens (tertiary/aromatic N) is 3. The van der Waals surface area contributed by atoms with Gasteiger partial charge in [-0.25, -0.2) is 4.98 Å². The molecular weight excluding hydrogens is 302 g/mol. The molecule has 0 atom stereocenters. The van der Waals surface area contributed by atoms with Crippen LogP contribution >= 0.6 is 11.3 Å². The number of carbonyl (C=O) groups excluding carboxylic acids is 1. The van der Waals surface area contributed by atoms with Crippen LogP contribution in [0.4, 0.5) is 0 Å². The molecule has 0 aliphatic carbocycles. The zero-order chi connectivity index (χ0) is 15.4. The standard InChI is InChI=1S/C14H13N5O2S/c1-21-10-4-2-3-9(5-10)14-16-7-11(22-14)6-15-13(20)12-8-17-19-18-12/h2-5,7-8H,6H2,1H3,(H,15,20)(H,17,18,19). The molecule has 2 N–H and O–H groups in total. The van der Waals surface area contributed by atoms with Gasteiger partial charge in [0.1, 0.15) is 10.8 Å². The smallest absolute Gasteiger partial charge is 0.273 e. The van der Waals surface area contributed by atoms with Crippen molar-refractivity contribution < 1.29 is 9.53 Å². The lowest BCUT2D eigenvalue weighted by atomic mass is 10.2. The van der Waals surface area contributed by atoms with Crippen molar-refractivity contribution in [2.24, 2.45) is 0 Å². The number of aromatic nitrogens is 4. The van der Waals surface area contributed by atoms with E-state index in [-0.39, 0.29) is 11.6 Å². The quantitative estimate of drug-likeness (QED) is 0.750. The molecule has 3 rings (SSSR count). The maximum Gasteiger partial charge on any atom is 0.273 e. The third-order valence-corrected chi connectivity index (χ3v) is 3.99. The van der Waals surface area contributed by atoms with E-state index in [2.05, 4.69) is 25.7 Å². The van der Waals surface area contributed by atoms with Crippen molar-refractivity contribution in [1.29, 1.82) is 0 Å². The average Bonchev–Trinajstić information content (AvgIpc) is 3.24. The van der Waals surface area contributed by atoms with Crippen molar-refractivity contribution >= 4 is 17.2 Å². The lowest BCUT2D eigenvalue weighted by Gasteiger charge is -2.01. The first-order chi connectivity index (χ1) is 10.8. The van der Waals surface area contributed by atoms with Gasteiger partial charge >= 0.3 is 0 Å². The maximum absolute atomic E-state index is 11.8. The summed E-state index contributed by atoms with van der Waals surface area (Å²) in [6, 6.07) is 7.70. The van der Waals surface area contributed by atoms with E-state index in [1.165, 1.54) is 17.5 Å². The molecule has 2 aromatic heterocycles. The highest BCUT2D eigenvalue weighted by atomic mass is 32.1. The Balaban J connectivity index is 1.67. The van der Waals surface area contributed by atoms with Crippen molar-refractivity contribution in [2.75, 3.05) is 7.11 Å². The number of ether oxygens (including phenoxy) is 1. The van der Waals surface area contributed by atoms with Crippen LogP contribution in [-0.2, 0) is 6.54 Å². The molecule has 0 spiro atoms. The van der Waals surface area contributed by atoms with Crippen molar-refractivity contribution in [3.8, 4) is 16.3 Å². The van der Waals surface area contributed by atoms with Gasteiger partial charge in [0, 0.05) is 16.6 Å². The number of aromatic amines is 1. The molecule has 0 aliphatic heterocycles. The number of carbonyl (C=O) groups is 1. The molecular formula is C14H13N5O2S. The minimum Gasteiger partial charge on any atom is -0.497 e. The maximum atomic E-state index is 11.8. The van der Waals surface area contributed by atoms with Gasteiger partial charge in [0.05, 0.1) is 19.9 Å². The topological polar surface area (TPSA) is 92.8 Å². The monoisotopic (exact) mass is 315 g/mol. The Morgan fingerprint density at radius 1 is 1.41 bits per heavy atom. The number of hydrogen-bond donors (Lipinski definition) is 2. The van der Waals surface area contributed by atoms with Crippen LogP contribution in [0.1, 0.15) is 15.4 Å². The largest absolute Gasteiger partial charge is 0.497 e. The highest BCUT2D eigenvalue weighted by Crippen LogP contribution is 2.27. The lowest BCUT2D eigenvalue weighted by molar-refractivity contribution is 0.0946. The Kier molecular flexibility index (Phi) is 4.10. The fourth-order valence-corrected chi connectivity index (χ4v) is 2.70. The highest BCUT2D eigenvalue weighted by Gasteiger charge is 2.10. The Labute approximate surface area is 130 Å². The second-order valence-electron chi connectivity index (χ2n) is 4.40. The summed E-state index contributed by atoms with van der Waals surface area (Å²) in [5.41, 5.74) is 1.25. The van der Waals surface area contributed by atoms with Crippen molar-refractivity contribution in [1.82, 2.24) is 25.7 Å². The third-order valence-electron chi connectivity index (χ3n) is 2.94. The SMILES string of the molecule is COc1cccc(-c2ncc(CNC(=O)c3cn[nH]n3)s2)c1. The van der Waals surface area contributed by atoms with Crippen LogP contribution in [0.5, 0.6) is 5.75 Å². The molecule has 8 heteroatoms. The van der Waals surface area contributed by atoms with Crippen LogP contribution in [0.2, 0.25) is 0 Å². The molecule has 0 fully saturated rings. The summed E-state index contributed by atoms with van der Waals surface area (Å²) in [6.07, 6.45) is 3.13. The van der Waals surface area contributed by atoms with E-state index in [1.54, 1.807) is 13.3 Å². The second kappa shape index (κ2) is 6.35. The number of thiazole rings is 1. The number of rotatable bonds is 5. The van der Waals surface area contributed by atoms with Crippen LogP contribution in [0.15, 0.2) is 36.7 Å². The second-order valence-corrected chi connectivity index (χ2v) is 5.52. The number of methoxy groups -OCH3 is 1. The van der Waals surface area contributed by atoms with E-state index in [9.17, 15) is 4.79 Å². The molecule has 1 aromatic carbocycles. The van der Waals surface area contributed by atoms with Crippen LogP contribution < -0.4 is 10.1 Å². The molecule has 0 bridgehead atoms. The fraction of sp³-hybridized carbons (Fsp3) is 0.143. The van der Waals surface area contributed by atoms with E-state index >= 15 is 0 Å². The summed E-state index contributed by atoms with van der Waals surface area (Å²) in [4.78, 5) is 17.1. The first kappa shape index (κ1) is 14.2. The van der Waals surface area contributed by atoms with Crippen LogP contribution in [0, 0.1) is 0 Å². The first-order valence-corrected chi connectivity index (χ1v) is 7.31. The summed E-state index contributed by atoms with van der Waals surface area (Å²) < 4.78 is 5.21. The minimum absolute atomic E-state index is 0.262.